The number of hydrogen-bond donors (Lipinski definition) is 3. The summed E-state index contributed by atoms with van der Waals surface area (Å²) < 4.78 is 0. The maximum absolute atomic E-state index is 8.94. The van der Waals surface area contributed by atoms with E-state index in [4.69, 9.17) is 5.11 Å². The molecule has 136 valence electrons. The van der Waals surface area contributed by atoms with Crippen LogP contribution in [0.25, 0.3) is 0 Å². The Bertz CT molecular complexity index is 483. The molecular weight excluding hydrogens is 415 g/mol. The van der Waals surface area contributed by atoms with Gasteiger partial charge in [-0.15, -0.1) is 24.0 Å². The third-order valence-corrected chi connectivity index (χ3v) is 4.30. The Hall–Kier alpha value is -0.860. The molecule has 0 radical (unpaired) electrons. The standard InChI is InChI=1S/C18H30N4O.HI/c1-3-19-18(20-10-12-23)21-17-9-11-22(15(2)13-17)14-16-7-5-4-6-8-16;/h4-8,15,17,23H,3,9-14H2,1-2H3,(H2,19,20,21);1H. The average Bonchev–Trinajstić information content (AvgIpc) is 2.56. The maximum Gasteiger partial charge on any atom is 0.191 e. The molecule has 24 heavy (non-hydrogen) atoms. The molecule has 2 unspecified atom stereocenters. The van der Waals surface area contributed by atoms with Crippen molar-refractivity contribution >= 4 is 29.9 Å². The summed E-state index contributed by atoms with van der Waals surface area (Å²) in [6.45, 7) is 7.83. The van der Waals surface area contributed by atoms with Gasteiger partial charge in [-0.2, -0.15) is 0 Å². The summed E-state index contributed by atoms with van der Waals surface area (Å²) in [5.41, 5.74) is 1.38. The van der Waals surface area contributed by atoms with Crippen molar-refractivity contribution in [1.29, 1.82) is 0 Å². The van der Waals surface area contributed by atoms with Gasteiger partial charge in [-0.25, -0.2) is 0 Å². The van der Waals surface area contributed by atoms with Crippen molar-refractivity contribution in [2.24, 2.45) is 4.99 Å². The number of benzene rings is 1. The molecule has 1 heterocycles. The van der Waals surface area contributed by atoms with Gasteiger partial charge in [0.05, 0.1) is 13.2 Å². The van der Waals surface area contributed by atoms with Crippen molar-refractivity contribution in [2.75, 3.05) is 26.2 Å². The number of likely N-dealkylation sites (tertiary alicyclic amines) is 1. The van der Waals surface area contributed by atoms with Gasteiger partial charge in [-0.3, -0.25) is 9.89 Å². The van der Waals surface area contributed by atoms with E-state index >= 15 is 0 Å². The molecule has 2 atom stereocenters. The second-order valence-corrected chi connectivity index (χ2v) is 6.15. The normalized spacial score (nSPS) is 21.9. The van der Waals surface area contributed by atoms with Crippen LogP contribution in [-0.2, 0) is 6.54 Å². The quantitative estimate of drug-likeness (QED) is 0.356. The first-order chi connectivity index (χ1) is 11.2. The number of hydrogen-bond acceptors (Lipinski definition) is 3. The summed E-state index contributed by atoms with van der Waals surface area (Å²) in [6, 6.07) is 11.7. The number of aliphatic hydroxyl groups excluding tert-OH is 1. The number of rotatable bonds is 6. The van der Waals surface area contributed by atoms with E-state index < -0.39 is 0 Å². The van der Waals surface area contributed by atoms with Gasteiger partial charge in [0.15, 0.2) is 5.96 Å². The predicted octanol–water partition coefficient (Wildman–Crippen LogP) is 2.20. The van der Waals surface area contributed by atoms with E-state index in [0.29, 0.717) is 18.6 Å². The number of nitrogens with zero attached hydrogens (tertiary/aromatic N) is 2. The van der Waals surface area contributed by atoms with Crippen molar-refractivity contribution in [3.8, 4) is 0 Å². The Morgan fingerprint density at radius 2 is 2.08 bits per heavy atom. The van der Waals surface area contributed by atoms with Crippen LogP contribution in [0.1, 0.15) is 32.3 Å². The van der Waals surface area contributed by atoms with Crippen molar-refractivity contribution in [3.63, 3.8) is 0 Å². The molecule has 1 saturated heterocycles. The molecule has 1 aromatic rings. The fourth-order valence-corrected chi connectivity index (χ4v) is 3.08. The van der Waals surface area contributed by atoms with Gasteiger partial charge in [0.2, 0.25) is 0 Å². The fourth-order valence-electron chi connectivity index (χ4n) is 3.08. The topological polar surface area (TPSA) is 59.9 Å². The highest BCUT2D eigenvalue weighted by Gasteiger charge is 2.25. The summed E-state index contributed by atoms with van der Waals surface area (Å²) in [5, 5.41) is 15.7. The van der Waals surface area contributed by atoms with Gasteiger partial charge >= 0.3 is 0 Å². The largest absolute Gasteiger partial charge is 0.394 e. The fraction of sp³-hybridized carbons (Fsp3) is 0.611. The van der Waals surface area contributed by atoms with Gasteiger partial charge in [-0.05, 0) is 32.3 Å². The maximum atomic E-state index is 8.94. The molecule has 0 saturated carbocycles. The van der Waals surface area contributed by atoms with E-state index in [9.17, 15) is 0 Å². The zero-order chi connectivity index (χ0) is 16.5. The Balaban J connectivity index is 0.00000288. The van der Waals surface area contributed by atoms with Gasteiger partial charge in [0, 0.05) is 31.7 Å². The van der Waals surface area contributed by atoms with Gasteiger partial charge < -0.3 is 15.7 Å². The van der Waals surface area contributed by atoms with Crippen molar-refractivity contribution in [2.45, 2.75) is 45.3 Å². The number of halogens is 1. The van der Waals surface area contributed by atoms with Crippen LogP contribution in [0.15, 0.2) is 35.3 Å². The molecule has 1 fully saturated rings. The lowest BCUT2D eigenvalue weighted by atomic mass is 9.97. The molecule has 1 aliphatic heterocycles. The summed E-state index contributed by atoms with van der Waals surface area (Å²) in [7, 11) is 0. The van der Waals surface area contributed by atoms with Gasteiger partial charge in [0.25, 0.3) is 0 Å². The van der Waals surface area contributed by atoms with Crippen molar-refractivity contribution in [3.05, 3.63) is 35.9 Å². The molecule has 1 aliphatic rings. The minimum Gasteiger partial charge on any atom is -0.394 e. The number of piperidine rings is 1. The first-order valence-electron chi connectivity index (χ1n) is 8.66. The highest BCUT2D eigenvalue weighted by Crippen LogP contribution is 2.19. The highest BCUT2D eigenvalue weighted by atomic mass is 127. The second-order valence-electron chi connectivity index (χ2n) is 6.15. The molecule has 3 N–H and O–H groups in total. The van der Waals surface area contributed by atoms with E-state index in [1.807, 2.05) is 0 Å². The Morgan fingerprint density at radius 3 is 2.71 bits per heavy atom. The van der Waals surface area contributed by atoms with E-state index in [2.05, 4.69) is 64.7 Å². The monoisotopic (exact) mass is 446 g/mol. The highest BCUT2D eigenvalue weighted by molar-refractivity contribution is 14.0. The lowest BCUT2D eigenvalue weighted by Crippen LogP contribution is -2.51. The molecule has 0 spiro atoms. The molecule has 5 nitrogen and oxygen atoms in total. The third-order valence-electron chi connectivity index (χ3n) is 4.30. The number of guanidine groups is 1. The summed E-state index contributed by atoms with van der Waals surface area (Å²) in [6.07, 6.45) is 2.22. The summed E-state index contributed by atoms with van der Waals surface area (Å²) >= 11 is 0. The molecule has 1 aromatic carbocycles. The minimum absolute atomic E-state index is 0. The molecule has 0 amide bonds. The number of nitrogens with one attached hydrogen (secondary N) is 2. The second kappa shape index (κ2) is 11.7. The Kier molecular flexibility index (Phi) is 10.3. The van der Waals surface area contributed by atoms with Gasteiger partial charge in [0.1, 0.15) is 0 Å². The van der Waals surface area contributed by atoms with E-state index in [1.165, 1.54) is 5.56 Å². The van der Waals surface area contributed by atoms with E-state index in [0.717, 1.165) is 38.4 Å². The lowest BCUT2D eigenvalue weighted by Gasteiger charge is -2.38. The predicted molar refractivity (Wildman–Crippen MR) is 111 cm³/mol. The van der Waals surface area contributed by atoms with Crippen LogP contribution in [0.5, 0.6) is 0 Å². The van der Waals surface area contributed by atoms with Crippen LogP contribution in [0.3, 0.4) is 0 Å². The molecule has 0 bridgehead atoms. The van der Waals surface area contributed by atoms with Gasteiger partial charge in [-0.1, -0.05) is 30.3 Å². The van der Waals surface area contributed by atoms with Crippen LogP contribution in [0, 0.1) is 0 Å². The first-order valence-corrected chi connectivity index (χ1v) is 8.66. The number of aliphatic hydroxyl groups is 1. The smallest absolute Gasteiger partial charge is 0.191 e. The molecule has 6 heteroatoms. The average molecular weight is 446 g/mol. The molecule has 2 rings (SSSR count). The minimum atomic E-state index is 0. The summed E-state index contributed by atoms with van der Waals surface area (Å²) in [5.74, 6) is 0.815. The zero-order valence-corrected chi connectivity index (χ0v) is 17.1. The van der Waals surface area contributed by atoms with Crippen molar-refractivity contribution in [1.82, 2.24) is 15.5 Å². The lowest BCUT2D eigenvalue weighted by molar-refractivity contribution is 0.134. The van der Waals surface area contributed by atoms with Crippen LogP contribution in [0.4, 0.5) is 0 Å². The molecule has 0 aliphatic carbocycles. The zero-order valence-electron chi connectivity index (χ0n) is 14.7. The van der Waals surface area contributed by atoms with Crippen molar-refractivity contribution < 1.29 is 5.11 Å². The van der Waals surface area contributed by atoms with Crippen LogP contribution >= 0.6 is 24.0 Å². The molecule has 0 aromatic heterocycles. The van der Waals surface area contributed by atoms with E-state index in [-0.39, 0.29) is 30.6 Å². The van der Waals surface area contributed by atoms with Crippen LogP contribution in [-0.4, -0.2) is 54.3 Å². The van der Waals surface area contributed by atoms with Crippen LogP contribution in [0.2, 0.25) is 0 Å². The third kappa shape index (κ3) is 6.94. The Morgan fingerprint density at radius 1 is 1.33 bits per heavy atom. The summed E-state index contributed by atoms with van der Waals surface area (Å²) in [4.78, 5) is 6.92. The SMILES string of the molecule is CCNC(=NCCO)NC1CCN(Cc2ccccc2)C(C)C1.I. The molecular formula is C18H31IN4O. The van der Waals surface area contributed by atoms with E-state index in [1.54, 1.807) is 0 Å². The Labute approximate surface area is 162 Å². The number of aliphatic imine (C=N–C) groups is 1. The first kappa shape index (κ1) is 21.2. The van der Waals surface area contributed by atoms with Crippen LogP contribution < -0.4 is 10.6 Å².